The molecular formula is C12H14Cl2N2O3. The van der Waals surface area contributed by atoms with E-state index >= 15 is 0 Å². The number of alkyl halides is 1. The first-order valence-corrected chi connectivity index (χ1v) is 6.80. The maximum Gasteiger partial charge on any atom is 0.405 e. The molecule has 104 valence electrons. The molecule has 2 heterocycles. The Morgan fingerprint density at radius 1 is 1.68 bits per heavy atom. The molecule has 0 radical (unpaired) electrons. The second-order valence-electron chi connectivity index (χ2n) is 4.38. The van der Waals surface area contributed by atoms with Crippen LogP contribution >= 0.6 is 23.2 Å². The zero-order valence-electron chi connectivity index (χ0n) is 10.1. The Bertz CT molecular complexity index is 464. The van der Waals surface area contributed by atoms with Crippen molar-refractivity contribution < 1.29 is 14.6 Å². The molecule has 5 nitrogen and oxygen atoms in total. The summed E-state index contributed by atoms with van der Waals surface area (Å²) in [5.41, 5.74) is 1.36. The van der Waals surface area contributed by atoms with E-state index in [4.69, 9.17) is 33.0 Å². The van der Waals surface area contributed by atoms with Crippen molar-refractivity contribution in [3.8, 4) is 0 Å². The molecule has 0 aliphatic carbocycles. The second kappa shape index (κ2) is 6.41. The van der Waals surface area contributed by atoms with Crippen LogP contribution in [0.4, 0.5) is 4.79 Å². The fraction of sp³-hybridized carbons (Fsp3) is 0.500. The summed E-state index contributed by atoms with van der Waals surface area (Å²) in [7, 11) is 0. The highest BCUT2D eigenvalue weighted by atomic mass is 35.5. The number of carbonyl (C=O) groups is 1. The second-order valence-corrected chi connectivity index (χ2v) is 5.09. The first kappa shape index (κ1) is 14.4. The monoisotopic (exact) mass is 304 g/mol. The van der Waals surface area contributed by atoms with Gasteiger partial charge in [-0.3, -0.25) is 4.98 Å². The minimum atomic E-state index is -1.09. The molecule has 0 aromatic carbocycles. The Morgan fingerprint density at radius 3 is 3.05 bits per heavy atom. The molecule has 1 aromatic rings. The number of nitrogens with zero attached hydrogens (tertiary/aromatic N) is 1. The molecule has 19 heavy (non-hydrogen) atoms. The van der Waals surface area contributed by atoms with Crippen LogP contribution in [0, 0.1) is 5.92 Å². The quantitative estimate of drug-likeness (QED) is 0.839. The van der Waals surface area contributed by atoms with Gasteiger partial charge in [0.05, 0.1) is 23.4 Å². The van der Waals surface area contributed by atoms with Crippen LogP contribution in [0.1, 0.15) is 23.7 Å². The van der Waals surface area contributed by atoms with Crippen LogP contribution in [0.25, 0.3) is 0 Å². The number of carboxylic acid groups (broad SMARTS) is 1. The molecular weight excluding hydrogens is 291 g/mol. The number of aromatic nitrogens is 1. The van der Waals surface area contributed by atoms with E-state index in [1.807, 2.05) is 0 Å². The molecule has 0 bridgehead atoms. The number of hydrogen-bond donors (Lipinski definition) is 2. The number of hydrogen-bond acceptors (Lipinski definition) is 3. The zero-order chi connectivity index (χ0) is 13.8. The average Bonchev–Trinajstić information content (AvgIpc) is 2.89. The maximum atomic E-state index is 11.0. The van der Waals surface area contributed by atoms with E-state index in [0.717, 1.165) is 12.0 Å². The fourth-order valence-electron chi connectivity index (χ4n) is 2.24. The predicted molar refractivity (Wildman–Crippen MR) is 71.6 cm³/mol. The van der Waals surface area contributed by atoms with Crippen LogP contribution in [0.2, 0.25) is 5.02 Å². The standard InChI is InChI=1S/C12H14Cl2N2O3/c13-4-8-3-9(14)5-15-10(8)11(16-12(17)18)7-1-2-19-6-7/h3,5,7,11,16H,1-2,4,6H2,(H,17,18). The van der Waals surface area contributed by atoms with Crippen LogP contribution < -0.4 is 5.32 Å². The Balaban J connectivity index is 2.33. The summed E-state index contributed by atoms with van der Waals surface area (Å²) in [5.74, 6) is 0.292. The lowest BCUT2D eigenvalue weighted by Gasteiger charge is -2.23. The van der Waals surface area contributed by atoms with E-state index < -0.39 is 12.1 Å². The van der Waals surface area contributed by atoms with Crippen molar-refractivity contribution in [1.82, 2.24) is 10.3 Å². The zero-order valence-corrected chi connectivity index (χ0v) is 11.6. The van der Waals surface area contributed by atoms with E-state index in [2.05, 4.69) is 10.3 Å². The third-order valence-electron chi connectivity index (χ3n) is 3.12. The Morgan fingerprint density at radius 2 is 2.47 bits per heavy atom. The predicted octanol–water partition coefficient (Wildman–Crippen LogP) is 2.82. The van der Waals surface area contributed by atoms with Gasteiger partial charge < -0.3 is 15.2 Å². The topological polar surface area (TPSA) is 71.5 Å². The summed E-state index contributed by atoms with van der Waals surface area (Å²) in [6, 6.07) is 1.29. The number of ether oxygens (including phenoxy) is 1. The van der Waals surface area contributed by atoms with E-state index in [1.165, 1.54) is 6.20 Å². The van der Waals surface area contributed by atoms with Gasteiger partial charge in [0.25, 0.3) is 0 Å². The molecule has 1 aliphatic heterocycles. The van der Waals surface area contributed by atoms with Crippen LogP contribution in [-0.2, 0) is 10.6 Å². The molecule has 1 saturated heterocycles. The normalized spacial score (nSPS) is 20.2. The van der Waals surface area contributed by atoms with Gasteiger partial charge in [-0.2, -0.15) is 0 Å². The summed E-state index contributed by atoms with van der Waals surface area (Å²) >= 11 is 11.8. The Kier molecular flexibility index (Phi) is 4.85. The van der Waals surface area contributed by atoms with E-state index in [0.29, 0.717) is 23.9 Å². The van der Waals surface area contributed by atoms with Crippen LogP contribution in [-0.4, -0.2) is 29.4 Å². The van der Waals surface area contributed by atoms with Crippen LogP contribution in [0.3, 0.4) is 0 Å². The largest absolute Gasteiger partial charge is 0.465 e. The molecule has 1 amide bonds. The van der Waals surface area contributed by atoms with Crippen molar-refractivity contribution in [2.45, 2.75) is 18.3 Å². The van der Waals surface area contributed by atoms with E-state index in [-0.39, 0.29) is 11.8 Å². The summed E-state index contributed by atoms with van der Waals surface area (Å²) < 4.78 is 5.32. The summed E-state index contributed by atoms with van der Waals surface area (Å²) in [6.07, 6.45) is 1.20. The van der Waals surface area contributed by atoms with Crippen molar-refractivity contribution in [2.24, 2.45) is 5.92 Å². The highest BCUT2D eigenvalue weighted by molar-refractivity contribution is 6.30. The molecule has 0 spiro atoms. The molecule has 1 aromatic heterocycles. The van der Waals surface area contributed by atoms with Crippen molar-refractivity contribution >= 4 is 29.3 Å². The van der Waals surface area contributed by atoms with Gasteiger partial charge in [0.15, 0.2) is 0 Å². The van der Waals surface area contributed by atoms with Gasteiger partial charge in [0.2, 0.25) is 0 Å². The molecule has 2 N–H and O–H groups in total. The minimum absolute atomic E-state index is 0.0618. The number of amides is 1. The SMILES string of the molecule is O=C(O)NC(c1ncc(Cl)cc1CCl)C1CCOC1. The lowest BCUT2D eigenvalue weighted by Crippen LogP contribution is -2.34. The fourth-order valence-corrected chi connectivity index (χ4v) is 2.63. The highest BCUT2D eigenvalue weighted by Gasteiger charge is 2.31. The number of halogens is 2. The third kappa shape index (κ3) is 3.49. The molecule has 0 saturated carbocycles. The molecule has 1 fully saturated rings. The third-order valence-corrected chi connectivity index (χ3v) is 3.62. The molecule has 7 heteroatoms. The van der Waals surface area contributed by atoms with Gasteiger partial charge in [0.1, 0.15) is 0 Å². The van der Waals surface area contributed by atoms with Gasteiger partial charge in [-0.05, 0) is 18.1 Å². The lowest BCUT2D eigenvalue weighted by molar-refractivity contribution is 0.165. The number of rotatable bonds is 4. The first-order valence-electron chi connectivity index (χ1n) is 5.89. The summed E-state index contributed by atoms with van der Waals surface area (Å²) in [6.45, 7) is 1.14. The van der Waals surface area contributed by atoms with Gasteiger partial charge in [0, 0.05) is 24.6 Å². The highest BCUT2D eigenvalue weighted by Crippen LogP contribution is 2.31. The Hall–Kier alpha value is -1.04. The number of pyridine rings is 1. The number of nitrogens with one attached hydrogen (secondary N) is 1. The van der Waals surface area contributed by atoms with Crippen molar-refractivity contribution in [2.75, 3.05) is 13.2 Å². The van der Waals surface area contributed by atoms with E-state index in [9.17, 15) is 4.79 Å². The van der Waals surface area contributed by atoms with Gasteiger partial charge in [-0.15, -0.1) is 11.6 Å². The molecule has 1 aliphatic rings. The van der Waals surface area contributed by atoms with Crippen LogP contribution in [0.5, 0.6) is 0 Å². The van der Waals surface area contributed by atoms with Gasteiger partial charge >= 0.3 is 6.09 Å². The van der Waals surface area contributed by atoms with Crippen molar-refractivity contribution in [1.29, 1.82) is 0 Å². The van der Waals surface area contributed by atoms with Gasteiger partial charge in [-0.25, -0.2) is 4.79 Å². The molecule has 2 rings (SSSR count). The van der Waals surface area contributed by atoms with Crippen LogP contribution in [0.15, 0.2) is 12.3 Å². The molecule has 2 atom stereocenters. The van der Waals surface area contributed by atoms with Gasteiger partial charge in [-0.1, -0.05) is 11.6 Å². The summed E-state index contributed by atoms with van der Waals surface area (Å²) in [4.78, 5) is 15.2. The Labute approximate surface area is 120 Å². The van der Waals surface area contributed by atoms with E-state index in [1.54, 1.807) is 6.07 Å². The first-order chi connectivity index (χ1) is 9.11. The summed E-state index contributed by atoms with van der Waals surface area (Å²) in [5, 5.41) is 12.0. The lowest BCUT2D eigenvalue weighted by atomic mass is 9.93. The van der Waals surface area contributed by atoms with Crippen molar-refractivity contribution in [3.63, 3.8) is 0 Å². The minimum Gasteiger partial charge on any atom is -0.465 e. The maximum absolute atomic E-state index is 11.0. The average molecular weight is 305 g/mol. The van der Waals surface area contributed by atoms with Crippen molar-refractivity contribution in [3.05, 3.63) is 28.5 Å². The smallest absolute Gasteiger partial charge is 0.405 e. The molecule has 2 unspecified atom stereocenters.